The van der Waals surface area contributed by atoms with Crippen molar-refractivity contribution in [1.82, 2.24) is 30.1 Å². The second kappa shape index (κ2) is 12.5. The van der Waals surface area contributed by atoms with E-state index in [1.54, 1.807) is 12.4 Å². The van der Waals surface area contributed by atoms with E-state index in [0.717, 1.165) is 54.6 Å². The first-order valence-corrected chi connectivity index (χ1v) is 15.0. The molecule has 2 atom stereocenters. The number of hydrogen-bond acceptors (Lipinski definition) is 7. The third-order valence-electron chi connectivity index (χ3n) is 8.68. The number of halogens is 2. The van der Waals surface area contributed by atoms with Crippen LogP contribution in [-0.2, 0) is 4.79 Å². The van der Waals surface area contributed by atoms with E-state index in [0.29, 0.717) is 19.0 Å². The number of anilines is 1. The van der Waals surface area contributed by atoms with Crippen LogP contribution < -0.4 is 10.2 Å². The quantitative estimate of drug-likeness (QED) is 0.499. The monoisotopic (exact) mass is 567 g/mol. The second-order valence-corrected chi connectivity index (χ2v) is 12.1. The zero-order valence-corrected chi connectivity index (χ0v) is 24.7. The minimum absolute atomic E-state index is 0.0808. The summed E-state index contributed by atoms with van der Waals surface area (Å²) in [5, 5.41) is 3.14. The van der Waals surface area contributed by atoms with Gasteiger partial charge < -0.3 is 10.2 Å². The number of fused-ring (bicyclic) bond motifs is 1. The molecule has 2 aliphatic heterocycles. The standard InChI is InChI=1S/C31H43F2N7O/c1-21(2)29-34-18-23(19-35-29)27(39-12-10-31(32,33)11-13-39)20-36-30(41)25-6-5-7-26-24(25)8-9-28(37-26)40-16-14-38(15-17-40)22(3)4/h5,7-9,18-19,21-22,25,27H,6,10-17,20H2,1-4H3,(H,36,41). The van der Waals surface area contributed by atoms with Crippen molar-refractivity contribution in [2.45, 2.75) is 76.8 Å². The molecule has 2 aromatic rings. The lowest BCUT2D eigenvalue weighted by atomic mass is 9.89. The number of aromatic nitrogens is 3. The van der Waals surface area contributed by atoms with Crippen LogP contribution in [0.2, 0.25) is 0 Å². The van der Waals surface area contributed by atoms with E-state index >= 15 is 0 Å². The first-order chi connectivity index (χ1) is 19.6. The van der Waals surface area contributed by atoms with Crippen molar-refractivity contribution in [3.05, 3.63) is 53.2 Å². The molecule has 2 saturated heterocycles. The highest BCUT2D eigenvalue weighted by molar-refractivity contribution is 5.86. The van der Waals surface area contributed by atoms with Crippen molar-refractivity contribution in [3.63, 3.8) is 0 Å². The molecule has 1 aliphatic carbocycles. The van der Waals surface area contributed by atoms with Gasteiger partial charge in [0.25, 0.3) is 5.92 Å². The molecule has 4 heterocycles. The third kappa shape index (κ3) is 6.92. The van der Waals surface area contributed by atoms with Gasteiger partial charge in [0, 0.05) is 88.6 Å². The fourth-order valence-electron chi connectivity index (χ4n) is 6.00. The molecule has 8 nitrogen and oxygen atoms in total. The van der Waals surface area contributed by atoms with Gasteiger partial charge in [0.2, 0.25) is 5.91 Å². The van der Waals surface area contributed by atoms with Crippen LogP contribution in [0.3, 0.4) is 0 Å². The van der Waals surface area contributed by atoms with Gasteiger partial charge in [-0.25, -0.2) is 23.7 Å². The van der Waals surface area contributed by atoms with E-state index in [1.807, 2.05) is 43.0 Å². The summed E-state index contributed by atoms with van der Waals surface area (Å²) in [5.41, 5.74) is 2.59. The number of piperazine rings is 1. The Kier molecular flexibility index (Phi) is 8.99. The zero-order valence-electron chi connectivity index (χ0n) is 24.7. The van der Waals surface area contributed by atoms with Crippen LogP contribution in [0.25, 0.3) is 6.08 Å². The molecular formula is C31H43F2N7O. The van der Waals surface area contributed by atoms with E-state index in [9.17, 15) is 13.6 Å². The van der Waals surface area contributed by atoms with Crippen molar-refractivity contribution in [2.24, 2.45) is 0 Å². The summed E-state index contributed by atoms with van der Waals surface area (Å²) in [5.74, 6) is -1.20. The molecule has 222 valence electrons. The number of likely N-dealkylation sites (tertiary alicyclic amines) is 1. The van der Waals surface area contributed by atoms with Crippen LogP contribution in [-0.4, -0.2) is 88.4 Å². The number of hydrogen-bond donors (Lipinski definition) is 1. The lowest BCUT2D eigenvalue weighted by Crippen LogP contribution is -2.49. The molecule has 0 spiro atoms. The summed E-state index contributed by atoms with van der Waals surface area (Å²) < 4.78 is 27.9. The molecule has 3 aliphatic rings. The van der Waals surface area contributed by atoms with Crippen LogP contribution >= 0.6 is 0 Å². The van der Waals surface area contributed by atoms with Gasteiger partial charge in [-0.1, -0.05) is 26.0 Å². The molecule has 0 bridgehead atoms. The van der Waals surface area contributed by atoms with Crippen molar-refractivity contribution in [1.29, 1.82) is 0 Å². The maximum absolute atomic E-state index is 13.9. The Hall–Kier alpha value is -2.98. The van der Waals surface area contributed by atoms with Gasteiger partial charge in [0.05, 0.1) is 17.7 Å². The topological polar surface area (TPSA) is 77.5 Å². The second-order valence-electron chi connectivity index (χ2n) is 12.1. The Labute approximate surface area is 242 Å². The molecule has 1 N–H and O–H groups in total. The fourth-order valence-corrected chi connectivity index (χ4v) is 6.00. The highest BCUT2D eigenvalue weighted by Gasteiger charge is 2.37. The number of allylic oxidation sites excluding steroid dienone is 1. The summed E-state index contributed by atoms with van der Waals surface area (Å²) in [6, 6.07) is 4.34. The highest BCUT2D eigenvalue weighted by atomic mass is 19.3. The number of carbonyl (C=O) groups excluding carboxylic acids is 1. The molecular weight excluding hydrogens is 524 g/mol. The summed E-state index contributed by atoms with van der Waals surface area (Å²) in [7, 11) is 0. The molecule has 2 aromatic heterocycles. The van der Waals surface area contributed by atoms with Gasteiger partial charge in [-0.3, -0.25) is 14.6 Å². The molecule has 0 radical (unpaired) electrons. The van der Waals surface area contributed by atoms with Gasteiger partial charge in [-0.05, 0) is 38.0 Å². The molecule has 1 amide bonds. The van der Waals surface area contributed by atoms with Crippen LogP contribution in [0, 0.1) is 0 Å². The Balaban J connectivity index is 1.27. The average Bonchev–Trinajstić information content (AvgIpc) is 2.97. The summed E-state index contributed by atoms with van der Waals surface area (Å²) >= 11 is 0. The van der Waals surface area contributed by atoms with Gasteiger partial charge in [-0.2, -0.15) is 0 Å². The molecule has 5 rings (SSSR count). The lowest BCUT2D eigenvalue weighted by molar-refractivity contribution is -0.123. The summed E-state index contributed by atoms with van der Waals surface area (Å²) in [6.45, 7) is 13.2. The van der Waals surface area contributed by atoms with E-state index < -0.39 is 5.92 Å². The van der Waals surface area contributed by atoms with Gasteiger partial charge in [0.15, 0.2) is 0 Å². The molecule has 41 heavy (non-hydrogen) atoms. The Morgan fingerprint density at radius 3 is 2.32 bits per heavy atom. The minimum Gasteiger partial charge on any atom is -0.354 e. The molecule has 0 saturated carbocycles. The third-order valence-corrected chi connectivity index (χ3v) is 8.68. The number of piperidine rings is 1. The molecule has 10 heteroatoms. The summed E-state index contributed by atoms with van der Waals surface area (Å²) in [4.78, 5) is 34.3. The minimum atomic E-state index is -2.64. The van der Waals surface area contributed by atoms with Crippen molar-refractivity contribution in [2.75, 3.05) is 50.7 Å². The predicted octanol–water partition coefficient (Wildman–Crippen LogP) is 4.61. The van der Waals surface area contributed by atoms with Gasteiger partial charge in [0.1, 0.15) is 11.6 Å². The Morgan fingerprint density at radius 1 is 1.00 bits per heavy atom. The van der Waals surface area contributed by atoms with Gasteiger partial charge >= 0.3 is 0 Å². The molecule has 2 unspecified atom stereocenters. The first kappa shape index (κ1) is 29.5. The van der Waals surface area contributed by atoms with Gasteiger partial charge in [-0.15, -0.1) is 0 Å². The Bertz CT molecular complexity index is 1220. The number of nitrogens with zero attached hydrogens (tertiary/aromatic N) is 6. The van der Waals surface area contributed by atoms with Crippen molar-refractivity contribution < 1.29 is 13.6 Å². The normalized spacial score (nSPS) is 22.1. The van der Waals surface area contributed by atoms with Crippen LogP contribution in [0.5, 0.6) is 0 Å². The molecule has 2 fully saturated rings. The number of alkyl halides is 2. The summed E-state index contributed by atoms with van der Waals surface area (Å²) in [6.07, 6.45) is 7.79. The Morgan fingerprint density at radius 2 is 1.68 bits per heavy atom. The zero-order chi connectivity index (χ0) is 29.1. The van der Waals surface area contributed by atoms with Crippen LogP contribution in [0.4, 0.5) is 14.6 Å². The maximum atomic E-state index is 13.9. The van der Waals surface area contributed by atoms with Crippen LogP contribution in [0.15, 0.2) is 30.6 Å². The van der Waals surface area contributed by atoms with Crippen LogP contribution in [0.1, 0.15) is 87.5 Å². The predicted molar refractivity (Wildman–Crippen MR) is 157 cm³/mol. The molecule has 0 aromatic carbocycles. The van der Waals surface area contributed by atoms with E-state index in [4.69, 9.17) is 4.98 Å². The average molecular weight is 568 g/mol. The first-order valence-electron chi connectivity index (χ1n) is 15.0. The van der Waals surface area contributed by atoms with Crippen molar-refractivity contribution in [3.8, 4) is 0 Å². The fraction of sp³-hybridized carbons (Fsp3) is 0.613. The largest absolute Gasteiger partial charge is 0.354 e. The number of pyridine rings is 1. The number of carbonyl (C=O) groups is 1. The maximum Gasteiger partial charge on any atom is 0.250 e. The highest BCUT2D eigenvalue weighted by Crippen LogP contribution is 2.34. The van der Waals surface area contributed by atoms with Crippen molar-refractivity contribution >= 4 is 17.8 Å². The number of nitrogens with one attached hydrogen (secondary N) is 1. The van der Waals surface area contributed by atoms with E-state index in [-0.39, 0.29) is 49.7 Å². The van der Waals surface area contributed by atoms with E-state index in [2.05, 4.69) is 38.9 Å². The smallest absolute Gasteiger partial charge is 0.250 e. The lowest BCUT2D eigenvalue weighted by Gasteiger charge is -2.38. The van der Waals surface area contributed by atoms with E-state index in [1.165, 1.54) is 0 Å². The number of amides is 1. The number of rotatable bonds is 8. The SMILES string of the molecule is CC(C)c1ncc(C(CNC(=O)C2CC=Cc3nc(N4CCN(C(C)C)CC4)ccc32)N2CCC(F)(F)CC2)cn1.